The topological polar surface area (TPSA) is 6.48 Å². The van der Waals surface area contributed by atoms with Gasteiger partial charge < -0.3 is 9.80 Å². The Balaban J connectivity index is 2.29. The highest BCUT2D eigenvalue weighted by atomic mass is 35.5. The maximum absolute atomic E-state index is 6.10. The largest absolute Gasteiger partial charge is 0.367 e. The number of aryl methyl sites for hydroxylation is 1. The van der Waals surface area contributed by atoms with Gasteiger partial charge in [-0.05, 0) is 45.5 Å². The van der Waals surface area contributed by atoms with Crippen molar-refractivity contribution in [3.63, 3.8) is 0 Å². The van der Waals surface area contributed by atoms with Crippen molar-refractivity contribution in [2.75, 3.05) is 31.6 Å². The van der Waals surface area contributed by atoms with Crippen molar-refractivity contribution in [1.29, 1.82) is 0 Å². The van der Waals surface area contributed by atoms with E-state index in [2.05, 4.69) is 48.9 Å². The molecule has 0 amide bonds. The SMILES string of the molecule is Cc1ccc(N2CCCN(C)CC2C)c(CCl)c1. The lowest BCUT2D eigenvalue weighted by Gasteiger charge is -2.31. The van der Waals surface area contributed by atoms with Crippen molar-refractivity contribution in [1.82, 2.24) is 4.90 Å². The molecular weight excluding hydrogens is 244 g/mol. The molecule has 0 spiro atoms. The van der Waals surface area contributed by atoms with Gasteiger partial charge in [0.05, 0.1) is 0 Å². The number of rotatable bonds is 2. The molecule has 1 aliphatic heterocycles. The van der Waals surface area contributed by atoms with Crippen LogP contribution in [0.1, 0.15) is 24.5 Å². The van der Waals surface area contributed by atoms with Crippen LogP contribution >= 0.6 is 11.6 Å². The van der Waals surface area contributed by atoms with Crippen LogP contribution in [0.4, 0.5) is 5.69 Å². The van der Waals surface area contributed by atoms with E-state index in [9.17, 15) is 0 Å². The fourth-order valence-corrected chi connectivity index (χ4v) is 3.05. The van der Waals surface area contributed by atoms with Gasteiger partial charge in [0.25, 0.3) is 0 Å². The molecule has 1 unspecified atom stereocenters. The lowest BCUT2D eigenvalue weighted by molar-refractivity contribution is 0.337. The molecule has 1 aromatic rings. The van der Waals surface area contributed by atoms with E-state index in [-0.39, 0.29) is 0 Å². The van der Waals surface area contributed by atoms with Crippen LogP contribution in [0.15, 0.2) is 18.2 Å². The summed E-state index contributed by atoms with van der Waals surface area (Å²) in [4.78, 5) is 4.93. The number of anilines is 1. The summed E-state index contributed by atoms with van der Waals surface area (Å²) in [7, 11) is 2.21. The molecule has 1 fully saturated rings. The van der Waals surface area contributed by atoms with Crippen LogP contribution in [0.25, 0.3) is 0 Å². The van der Waals surface area contributed by atoms with Gasteiger partial charge in [0.15, 0.2) is 0 Å². The average molecular weight is 267 g/mol. The molecule has 1 heterocycles. The van der Waals surface area contributed by atoms with Crippen LogP contribution in [0.2, 0.25) is 0 Å². The third kappa shape index (κ3) is 2.99. The zero-order chi connectivity index (χ0) is 13.1. The fourth-order valence-electron chi connectivity index (χ4n) is 2.83. The fraction of sp³-hybridized carbons (Fsp3) is 0.600. The van der Waals surface area contributed by atoms with Crippen molar-refractivity contribution >= 4 is 17.3 Å². The first-order valence-corrected chi connectivity index (χ1v) is 7.26. The van der Waals surface area contributed by atoms with Crippen LogP contribution in [-0.2, 0) is 5.88 Å². The molecule has 0 aromatic heterocycles. The molecule has 2 rings (SSSR count). The number of hydrogen-bond donors (Lipinski definition) is 0. The van der Waals surface area contributed by atoms with Crippen LogP contribution in [0, 0.1) is 6.92 Å². The normalized spacial score (nSPS) is 22.0. The molecule has 100 valence electrons. The second-order valence-electron chi connectivity index (χ2n) is 5.42. The third-order valence-corrected chi connectivity index (χ3v) is 4.02. The van der Waals surface area contributed by atoms with Gasteiger partial charge in [-0.2, -0.15) is 0 Å². The first-order valence-electron chi connectivity index (χ1n) is 6.72. The predicted octanol–water partition coefficient (Wildman–Crippen LogP) is 3.26. The van der Waals surface area contributed by atoms with Gasteiger partial charge in [-0.25, -0.2) is 0 Å². The molecule has 0 radical (unpaired) electrons. The van der Waals surface area contributed by atoms with E-state index in [1.54, 1.807) is 0 Å². The summed E-state index contributed by atoms with van der Waals surface area (Å²) in [6.45, 7) is 7.86. The quantitative estimate of drug-likeness (QED) is 0.758. The molecule has 0 aliphatic carbocycles. The average Bonchev–Trinajstić information content (AvgIpc) is 2.50. The molecule has 3 heteroatoms. The minimum Gasteiger partial charge on any atom is -0.367 e. The maximum atomic E-state index is 6.10. The Morgan fingerprint density at radius 2 is 2.11 bits per heavy atom. The van der Waals surface area contributed by atoms with E-state index in [4.69, 9.17) is 11.6 Å². The lowest BCUT2D eigenvalue weighted by Crippen LogP contribution is -2.38. The summed E-state index contributed by atoms with van der Waals surface area (Å²) < 4.78 is 0. The second kappa shape index (κ2) is 5.94. The van der Waals surface area contributed by atoms with Crippen molar-refractivity contribution < 1.29 is 0 Å². The van der Waals surface area contributed by atoms with Gasteiger partial charge in [0, 0.05) is 30.7 Å². The number of nitrogens with zero attached hydrogens (tertiary/aromatic N) is 2. The molecule has 0 N–H and O–H groups in total. The van der Waals surface area contributed by atoms with Crippen LogP contribution < -0.4 is 4.90 Å². The van der Waals surface area contributed by atoms with E-state index >= 15 is 0 Å². The molecule has 1 aliphatic rings. The van der Waals surface area contributed by atoms with Crippen molar-refractivity contribution in [3.05, 3.63) is 29.3 Å². The monoisotopic (exact) mass is 266 g/mol. The van der Waals surface area contributed by atoms with Gasteiger partial charge in [0.1, 0.15) is 0 Å². The van der Waals surface area contributed by atoms with E-state index in [1.165, 1.54) is 29.8 Å². The van der Waals surface area contributed by atoms with E-state index in [0.29, 0.717) is 11.9 Å². The molecule has 1 aromatic carbocycles. The molecule has 1 saturated heterocycles. The van der Waals surface area contributed by atoms with Gasteiger partial charge in [-0.3, -0.25) is 0 Å². The summed E-state index contributed by atoms with van der Waals surface area (Å²) in [5, 5.41) is 0. The molecule has 0 bridgehead atoms. The first kappa shape index (κ1) is 13.7. The van der Waals surface area contributed by atoms with E-state index in [1.807, 2.05) is 0 Å². The highest BCUT2D eigenvalue weighted by molar-refractivity contribution is 6.17. The van der Waals surface area contributed by atoms with Gasteiger partial charge in [-0.1, -0.05) is 17.7 Å². The molecular formula is C15H23ClN2. The lowest BCUT2D eigenvalue weighted by atomic mass is 10.1. The Kier molecular flexibility index (Phi) is 4.52. The molecule has 1 atom stereocenters. The summed E-state index contributed by atoms with van der Waals surface area (Å²) >= 11 is 6.10. The Morgan fingerprint density at radius 3 is 2.83 bits per heavy atom. The maximum Gasteiger partial charge on any atom is 0.0494 e. The standard InChI is InChI=1S/C15H23ClN2/c1-12-5-6-15(14(9-12)10-16)18-8-4-7-17(3)11-13(18)2/h5-6,9,13H,4,7-8,10-11H2,1-3H3. The van der Waals surface area contributed by atoms with Crippen molar-refractivity contribution in [2.45, 2.75) is 32.2 Å². The number of likely N-dealkylation sites (N-methyl/N-ethyl adjacent to an activating group) is 1. The number of benzene rings is 1. The molecule has 18 heavy (non-hydrogen) atoms. The summed E-state index contributed by atoms with van der Waals surface area (Å²) in [5.74, 6) is 0.593. The first-order chi connectivity index (χ1) is 8.61. The van der Waals surface area contributed by atoms with Gasteiger partial charge in [-0.15, -0.1) is 11.6 Å². The number of alkyl halides is 1. The van der Waals surface area contributed by atoms with Crippen molar-refractivity contribution in [2.24, 2.45) is 0 Å². The number of halogens is 1. The zero-order valence-corrected chi connectivity index (χ0v) is 12.4. The predicted molar refractivity (Wildman–Crippen MR) is 79.7 cm³/mol. The van der Waals surface area contributed by atoms with Gasteiger partial charge in [0.2, 0.25) is 0 Å². The highest BCUT2D eigenvalue weighted by Gasteiger charge is 2.21. The Morgan fingerprint density at radius 1 is 1.33 bits per heavy atom. The molecule has 0 saturated carbocycles. The zero-order valence-electron chi connectivity index (χ0n) is 11.6. The van der Waals surface area contributed by atoms with Crippen molar-refractivity contribution in [3.8, 4) is 0 Å². The number of hydrogen-bond acceptors (Lipinski definition) is 2. The highest BCUT2D eigenvalue weighted by Crippen LogP contribution is 2.27. The summed E-state index contributed by atoms with van der Waals surface area (Å²) in [6, 6.07) is 7.17. The Labute approximate surface area is 116 Å². The van der Waals surface area contributed by atoms with Gasteiger partial charge >= 0.3 is 0 Å². The minimum absolute atomic E-state index is 0.544. The molecule has 2 nitrogen and oxygen atoms in total. The third-order valence-electron chi connectivity index (χ3n) is 3.74. The van der Waals surface area contributed by atoms with E-state index in [0.717, 1.165) is 13.1 Å². The summed E-state index contributed by atoms with van der Waals surface area (Å²) in [5.41, 5.74) is 3.86. The smallest absolute Gasteiger partial charge is 0.0494 e. The second-order valence-corrected chi connectivity index (χ2v) is 5.69. The Bertz CT molecular complexity index is 405. The van der Waals surface area contributed by atoms with Crippen LogP contribution in [-0.4, -0.2) is 37.6 Å². The van der Waals surface area contributed by atoms with Crippen LogP contribution in [0.5, 0.6) is 0 Å². The summed E-state index contributed by atoms with van der Waals surface area (Å²) in [6.07, 6.45) is 1.22. The van der Waals surface area contributed by atoms with E-state index < -0.39 is 0 Å². The Hall–Kier alpha value is -0.730. The minimum atomic E-state index is 0.544. The van der Waals surface area contributed by atoms with Crippen LogP contribution in [0.3, 0.4) is 0 Å².